The summed E-state index contributed by atoms with van der Waals surface area (Å²) in [6, 6.07) is 6.15. The molecule has 2 aromatic heterocycles. The summed E-state index contributed by atoms with van der Waals surface area (Å²) in [6.45, 7) is 1.85. The molecule has 0 aliphatic heterocycles. The van der Waals surface area contributed by atoms with Crippen molar-refractivity contribution < 1.29 is 4.39 Å². The predicted octanol–water partition coefficient (Wildman–Crippen LogP) is 2.90. The Kier molecular flexibility index (Phi) is 3.49. The first-order valence-corrected chi connectivity index (χ1v) is 6.44. The molecular weight excluding hydrogens is 295 g/mol. The predicted molar refractivity (Wildman–Crippen MR) is 76.4 cm³/mol. The molecule has 3 aromatic rings. The molecule has 0 aliphatic rings. The Morgan fingerprint density at radius 1 is 1.24 bits per heavy atom. The largest absolute Gasteiger partial charge is 0.324 e. The Balaban J connectivity index is 1.97. The van der Waals surface area contributed by atoms with E-state index in [4.69, 9.17) is 11.6 Å². The van der Waals surface area contributed by atoms with Gasteiger partial charge in [0.05, 0.1) is 0 Å². The lowest BCUT2D eigenvalue weighted by Gasteiger charge is -2.09. The second-order valence-electron chi connectivity index (χ2n) is 4.26. The van der Waals surface area contributed by atoms with Gasteiger partial charge in [-0.1, -0.05) is 6.07 Å². The van der Waals surface area contributed by atoms with Gasteiger partial charge >= 0.3 is 0 Å². The molecule has 106 valence electrons. The summed E-state index contributed by atoms with van der Waals surface area (Å²) in [7, 11) is 0. The summed E-state index contributed by atoms with van der Waals surface area (Å²) in [5, 5.41) is 6.97. The Hall–Kier alpha value is -2.54. The average Bonchev–Trinajstić information content (AvgIpc) is 2.96. The molecule has 0 radical (unpaired) electrons. The second-order valence-corrected chi connectivity index (χ2v) is 4.60. The van der Waals surface area contributed by atoms with Gasteiger partial charge in [-0.3, -0.25) is 0 Å². The molecule has 0 unspecified atom stereocenters. The molecular formula is C13H10ClFN6. The Morgan fingerprint density at radius 3 is 2.86 bits per heavy atom. The van der Waals surface area contributed by atoms with E-state index >= 15 is 0 Å². The van der Waals surface area contributed by atoms with Gasteiger partial charge < -0.3 is 5.32 Å². The number of aryl methyl sites for hydroxylation is 1. The second kappa shape index (κ2) is 5.45. The first-order chi connectivity index (χ1) is 10.1. The summed E-state index contributed by atoms with van der Waals surface area (Å²) in [5.74, 6) is 0.140. The molecule has 0 amide bonds. The smallest absolute Gasteiger partial charge is 0.256 e. The molecule has 0 saturated carbocycles. The third-order valence-corrected chi connectivity index (χ3v) is 2.92. The Labute approximate surface area is 124 Å². The highest BCUT2D eigenvalue weighted by Gasteiger charge is 2.09. The minimum atomic E-state index is -0.351. The van der Waals surface area contributed by atoms with Crippen molar-refractivity contribution in [1.29, 1.82) is 0 Å². The molecule has 0 bridgehead atoms. The minimum Gasteiger partial charge on any atom is -0.324 e. The molecule has 0 aliphatic carbocycles. The zero-order chi connectivity index (χ0) is 14.8. The van der Waals surface area contributed by atoms with E-state index < -0.39 is 0 Å². The maximum Gasteiger partial charge on any atom is 0.256 e. The van der Waals surface area contributed by atoms with Crippen LogP contribution >= 0.6 is 11.6 Å². The van der Waals surface area contributed by atoms with Crippen LogP contribution in [0.25, 0.3) is 5.95 Å². The van der Waals surface area contributed by atoms with E-state index in [9.17, 15) is 4.39 Å². The van der Waals surface area contributed by atoms with Gasteiger partial charge in [-0.2, -0.15) is 20.1 Å². The van der Waals surface area contributed by atoms with Crippen molar-refractivity contribution in [3.63, 3.8) is 0 Å². The maximum atomic E-state index is 13.3. The van der Waals surface area contributed by atoms with E-state index in [1.807, 2.05) is 6.92 Å². The molecule has 0 spiro atoms. The molecule has 0 fully saturated rings. The summed E-state index contributed by atoms with van der Waals surface area (Å²) < 4.78 is 14.8. The van der Waals surface area contributed by atoms with Crippen LogP contribution in [0.15, 0.2) is 36.7 Å². The van der Waals surface area contributed by atoms with Gasteiger partial charge in [0.1, 0.15) is 5.82 Å². The topological polar surface area (TPSA) is 68.5 Å². The lowest BCUT2D eigenvalue weighted by Crippen LogP contribution is -2.07. The molecule has 0 saturated heterocycles. The van der Waals surface area contributed by atoms with Gasteiger partial charge in [0.15, 0.2) is 0 Å². The zero-order valence-electron chi connectivity index (χ0n) is 11.0. The van der Waals surface area contributed by atoms with E-state index in [1.165, 1.54) is 16.8 Å². The van der Waals surface area contributed by atoms with Crippen LogP contribution in [0.2, 0.25) is 5.28 Å². The van der Waals surface area contributed by atoms with E-state index in [0.717, 1.165) is 5.56 Å². The number of hydrogen-bond donors (Lipinski definition) is 1. The zero-order valence-corrected chi connectivity index (χ0v) is 11.7. The molecule has 0 atom stereocenters. The van der Waals surface area contributed by atoms with Crippen molar-refractivity contribution in [1.82, 2.24) is 24.7 Å². The van der Waals surface area contributed by atoms with Crippen LogP contribution in [-0.4, -0.2) is 24.7 Å². The summed E-state index contributed by atoms with van der Waals surface area (Å²) >= 11 is 5.89. The standard InChI is InChI=1S/C13H10ClFN6/c1-8-3-4-9(15)7-10(8)17-12-18-11(14)19-13(20-12)21-6-2-5-16-21/h2-7H,1H3,(H,17,18,19,20). The van der Waals surface area contributed by atoms with E-state index in [-0.39, 0.29) is 23.0 Å². The lowest BCUT2D eigenvalue weighted by molar-refractivity contribution is 0.628. The summed E-state index contributed by atoms with van der Waals surface area (Å²) in [6.07, 6.45) is 3.28. The van der Waals surface area contributed by atoms with E-state index in [2.05, 4.69) is 25.4 Å². The fourth-order valence-corrected chi connectivity index (χ4v) is 1.89. The highest BCUT2D eigenvalue weighted by Crippen LogP contribution is 2.20. The Morgan fingerprint density at radius 2 is 2.10 bits per heavy atom. The van der Waals surface area contributed by atoms with E-state index in [0.29, 0.717) is 5.69 Å². The van der Waals surface area contributed by atoms with Crippen molar-refractivity contribution >= 4 is 23.2 Å². The third-order valence-electron chi connectivity index (χ3n) is 2.75. The number of aromatic nitrogens is 5. The maximum absolute atomic E-state index is 13.3. The first kappa shape index (κ1) is 13.4. The molecule has 21 heavy (non-hydrogen) atoms. The monoisotopic (exact) mass is 304 g/mol. The molecule has 2 heterocycles. The van der Waals surface area contributed by atoms with Crippen molar-refractivity contribution in [3.8, 4) is 5.95 Å². The molecule has 3 rings (SSSR count). The minimum absolute atomic E-state index is 0.0204. The lowest BCUT2D eigenvalue weighted by atomic mass is 10.2. The van der Waals surface area contributed by atoms with Crippen molar-refractivity contribution in [3.05, 3.63) is 53.3 Å². The third kappa shape index (κ3) is 2.97. The number of rotatable bonds is 3. The van der Waals surface area contributed by atoms with Gasteiger partial charge in [-0.15, -0.1) is 0 Å². The van der Waals surface area contributed by atoms with Crippen molar-refractivity contribution in [2.24, 2.45) is 0 Å². The van der Waals surface area contributed by atoms with Crippen LogP contribution in [0, 0.1) is 12.7 Å². The highest BCUT2D eigenvalue weighted by molar-refractivity contribution is 6.28. The number of benzene rings is 1. The normalized spacial score (nSPS) is 10.6. The molecule has 1 aromatic carbocycles. The first-order valence-electron chi connectivity index (χ1n) is 6.06. The van der Waals surface area contributed by atoms with Gasteiger partial charge in [-0.05, 0) is 42.3 Å². The van der Waals surface area contributed by atoms with Crippen LogP contribution in [0.5, 0.6) is 0 Å². The average molecular weight is 305 g/mol. The van der Waals surface area contributed by atoms with Crippen molar-refractivity contribution in [2.75, 3.05) is 5.32 Å². The fraction of sp³-hybridized carbons (Fsp3) is 0.0769. The molecule has 8 heteroatoms. The van der Waals surface area contributed by atoms with E-state index in [1.54, 1.807) is 24.5 Å². The molecule has 1 N–H and O–H groups in total. The number of anilines is 2. The van der Waals surface area contributed by atoms with Gasteiger partial charge in [0, 0.05) is 18.1 Å². The number of hydrogen-bond acceptors (Lipinski definition) is 5. The van der Waals surface area contributed by atoms with Crippen LogP contribution in [0.4, 0.5) is 16.0 Å². The fourth-order valence-electron chi connectivity index (χ4n) is 1.73. The number of nitrogens with zero attached hydrogens (tertiary/aromatic N) is 5. The van der Waals surface area contributed by atoms with Crippen LogP contribution in [-0.2, 0) is 0 Å². The SMILES string of the molecule is Cc1ccc(F)cc1Nc1nc(Cl)nc(-n2cccn2)n1. The quantitative estimate of drug-likeness (QED) is 0.806. The van der Waals surface area contributed by atoms with Crippen LogP contribution in [0.3, 0.4) is 0 Å². The Bertz CT molecular complexity index is 774. The van der Waals surface area contributed by atoms with Crippen LogP contribution < -0.4 is 5.32 Å². The summed E-state index contributed by atoms with van der Waals surface area (Å²) in [4.78, 5) is 12.2. The van der Waals surface area contributed by atoms with Crippen LogP contribution in [0.1, 0.15) is 5.56 Å². The highest BCUT2D eigenvalue weighted by atomic mass is 35.5. The van der Waals surface area contributed by atoms with Gasteiger partial charge in [0.25, 0.3) is 5.95 Å². The van der Waals surface area contributed by atoms with Gasteiger partial charge in [0.2, 0.25) is 11.2 Å². The van der Waals surface area contributed by atoms with Gasteiger partial charge in [-0.25, -0.2) is 9.07 Å². The molecule has 6 nitrogen and oxygen atoms in total. The van der Waals surface area contributed by atoms with Crippen molar-refractivity contribution in [2.45, 2.75) is 6.92 Å². The summed E-state index contributed by atoms with van der Waals surface area (Å²) in [5.41, 5.74) is 1.41. The number of nitrogens with one attached hydrogen (secondary N) is 1. The number of halogens is 2.